The number of aliphatic imine (C=N–C) groups is 1. The van der Waals surface area contributed by atoms with Crippen molar-refractivity contribution in [2.45, 2.75) is 52.4 Å². The monoisotopic (exact) mass is 408 g/mol. The van der Waals surface area contributed by atoms with Crippen LogP contribution in [-0.4, -0.2) is 37.6 Å². The lowest BCUT2D eigenvalue weighted by molar-refractivity contribution is 0.121. The highest BCUT2D eigenvalue weighted by molar-refractivity contribution is 5.79. The lowest BCUT2D eigenvalue weighted by Crippen LogP contribution is -2.36. The lowest BCUT2D eigenvalue weighted by atomic mass is 10.1. The highest BCUT2D eigenvalue weighted by Crippen LogP contribution is 2.13. The first-order valence-electron chi connectivity index (χ1n) is 11.2. The van der Waals surface area contributed by atoms with Crippen molar-refractivity contribution in [2.75, 3.05) is 26.7 Å². The van der Waals surface area contributed by atoms with Gasteiger partial charge in [0, 0.05) is 33.3 Å². The fourth-order valence-electron chi connectivity index (χ4n) is 3.74. The molecule has 0 atom stereocenters. The molecule has 1 saturated heterocycles. The summed E-state index contributed by atoms with van der Waals surface area (Å²) in [6.07, 6.45) is 3.71. The number of likely N-dealkylation sites (tertiary alicyclic amines) is 1. The molecule has 1 fully saturated rings. The molecule has 162 valence electrons. The summed E-state index contributed by atoms with van der Waals surface area (Å²) in [4.78, 5) is 6.90. The van der Waals surface area contributed by atoms with E-state index in [0.29, 0.717) is 6.61 Å². The number of ether oxygens (including phenoxy) is 1. The van der Waals surface area contributed by atoms with Crippen molar-refractivity contribution in [3.8, 4) is 0 Å². The van der Waals surface area contributed by atoms with Gasteiger partial charge in [-0.2, -0.15) is 0 Å². The van der Waals surface area contributed by atoms with E-state index in [1.54, 1.807) is 0 Å². The van der Waals surface area contributed by atoms with Crippen LogP contribution in [0, 0.1) is 0 Å². The molecule has 0 bridgehead atoms. The third-order valence-corrected chi connectivity index (χ3v) is 5.48. The summed E-state index contributed by atoms with van der Waals surface area (Å²) in [5.41, 5.74) is 5.12. The van der Waals surface area contributed by atoms with Crippen molar-refractivity contribution in [3.05, 3.63) is 70.8 Å². The van der Waals surface area contributed by atoms with Crippen LogP contribution in [0.2, 0.25) is 0 Å². The Kier molecular flexibility index (Phi) is 9.19. The molecule has 0 saturated carbocycles. The molecular weight excluding hydrogens is 372 g/mol. The first-order valence-corrected chi connectivity index (χ1v) is 11.2. The summed E-state index contributed by atoms with van der Waals surface area (Å²) in [6, 6.07) is 17.3. The minimum atomic E-state index is 0.654. The van der Waals surface area contributed by atoms with Crippen LogP contribution in [0.4, 0.5) is 0 Å². The molecule has 0 aliphatic carbocycles. The van der Waals surface area contributed by atoms with E-state index >= 15 is 0 Å². The Balaban J connectivity index is 1.46. The number of nitrogens with one attached hydrogen (secondary N) is 2. The van der Waals surface area contributed by atoms with Gasteiger partial charge in [0.25, 0.3) is 0 Å². The van der Waals surface area contributed by atoms with E-state index in [2.05, 4.69) is 76.0 Å². The van der Waals surface area contributed by atoms with Gasteiger partial charge in [-0.05, 0) is 54.6 Å². The van der Waals surface area contributed by atoms with Crippen LogP contribution in [0.25, 0.3) is 0 Å². The molecule has 0 radical (unpaired) electrons. The Hall–Kier alpha value is -2.37. The zero-order valence-corrected chi connectivity index (χ0v) is 18.5. The number of guanidine groups is 1. The number of hydrogen-bond acceptors (Lipinski definition) is 3. The van der Waals surface area contributed by atoms with Crippen LogP contribution >= 0.6 is 0 Å². The van der Waals surface area contributed by atoms with Gasteiger partial charge in [-0.25, -0.2) is 0 Å². The minimum Gasteiger partial charge on any atom is -0.377 e. The van der Waals surface area contributed by atoms with E-state index in [1.165, 1.54) is 48.2 Å². The van der Waals surface area contributed by atoms with Gasteiger partial charge in [0.05, 0.1) is 6.61 Å². The van der Waals surface area contributed by atoms with Crippen molar-refractivity contribution in [1.29, 1.82) is 0 Å². The van der Waals surface area contributed by atoms with E-state index in [9.17, 15) is 0 Å². The number of nitrogens with zero attached hydrogens (tertiary/aromatic N) is 2. The maximum absolute atomic E-state index is 5.72. The molecule has 0 unspecified atom stereocenters. The van der Waals surface area contributed by atoms with E-state index in [1.807, 2.05) is 7.05 Å². The van der Waals surface area contributed by atoms with Gasteiger partial charge in [0.1, 0.15) is 0 Å². The van der Waals surface area contributed by atoms with Crippen LogP contribution in [0.3, 0.4) is 0 Å². The maximum atomic E-state index is 5.72. The molecular formula is C25H36N4O. The SMILES string of the molecule is CCCOCc1ccccc1CNC(=NC)NCc1ccc(CN2CCCC2)cc1. The number of rotatable bonds is 10. The van der Waals surface area contributed by atoms with E-state index in [-0.39, 0.29) is 0 Å². The lowest BCUT2D eigenvalue weighted by Gasteiger charge is -2.16. The van der Waals surface area contributed by atoms with Gasteiger partial charge in [0.15, 0.2) is 5.96 Å². The molecule has 5 nitrogen and oxygen atoms in total. The van der Waals surface area contributed by atoms with Crippen molar-refractivity contribution in [1.82, 2.24) is 15.5 Å². The second-order valence-corrected chi connectivity index (χ2v) is 7.90. The summed E-state index contributed by atoms with van der Waals surface area (Å²) < 4.78 is 5.72. The first kappa shape index (κ1) is 22.3. The Labute approximate surface area is 181 Å². The standard InChI is InChI=1S/C25H36N4O/c1-3-16-30-20-24-9-5-4-8-23(24)18-28-25(26-2)27-17-21-10-12-22(13-11-21)19-29-14-6-7-15-29/h4-5,8-13H,3,6-7,14-20H2,1-2H3,(H2,26,27,28). The largest absolute Gasteiger partial charge is 0.377 e. The number of hydrogen-bond donors (Lipinski definition) is 2. The van der Waals surface area contributed by atoms with Crippen LogP contribution in [0.15, 0.2) is 53.5 Å². The molecule has 2 aromatic carbocycles. The smallest absolute Gasteiger partial charge is 0.191 e. The normalized spacial score (nSPS) is 14.8. The van der Waals surface area contributed by atoms with Gasteiger partial charge in [-0.3, -0.25) is 9.89 Å². The zero-order chi connectivity index (χ0) is 21.0. The molecule has 1 aliphatic heterocycles. The molecule has 1 aliphatic rings. The Morgan fingerprint density at radius 2 is 1.60 bits per heavy atom. The van der Waals surface area contributed by atoms with Crippen molar-refractivity contribution in [2.24, 2.45) is 4.99 Å². The highest BCUT2D eigenvalue weighted by Gasteiger charge is 2.11. The van der Waals surface area contributed by atoms with Crippen LogP contribution in [0.1, 0.15) is 48.4 Å². The molecule has 0 aromatic heterocycles. The average molecular weight is 409 g/mol. The molecule has 0 amide bonds. The van der Waals surface area contributed by atoms with Crippen molar-refractivity contribution >= 4 is 5.96 Å². The van der Waals surface area contributed by atoms with Crippen LogP contribution in [0.5, 0.6) is 0 Å². The van der Waals surface area contributed by atoms with Gasteiger partial charge in [-0.1, -0.05) is 55.5 Å². The average Bonchev–Trinajstić information content (AvgIpc) is 3.29. The topological polar surface area (TPSA) is 48.9 Å². The third-order valence-electron chi connectivity index (χ3n) is 5.48. The molecule has 0 spiro atoms. The molecule has 5 heteroatoms. The third kappa shape index (κ3) is 7.15. The Morgan fingerprint density at radius 3 is 2.30 bits per heavy atom. The summed E-state index contributed by atoms with van der Waals surface area (Å²) in [7, 11) is 1.81. The first-order chi connectivity index (χ1) is 14.8. The molecule has 2 aromatic rings. The van der Waals surface area contributed by atoms with Gasteiger partial charge in [-0.15, -0.1) is 0 Å². The van der Waals surface area contributed by atoms with Crippen LogP contribution < -0.4 is 10.6 Å². The predicted molar refractivity (Wildman–Crippen MR) is 124 cm³/mol. The van der Waals surface area contributed by atoms with E-state index in [4.69, 9.17) is 4.74 Å². The molecule has 30 heavy (non-hydrogen) atoms. The predicted octanol–water partition coefficient (Wildman–Crippen LogP) is 4.07. The van der Waals surface area contributed by atoms with Crippen molar-refractivity contribution in [3.63, 3.8) is 0 Å². The zero-order valence-electron chi connectivity index (χ0n) is 18.5. The molecule has 3 rings (SSSR count). The summed E-state index contributed by atoms with van der Waals surface area (Å²) in [5, 5.41) is 6.84. The Bertz CT molecular complexity index is 782. The fraction of sp³-hybridized carbons (Fsp3) is 0.480. The molecule has 1 heterocycles. The summed E-state index contributed by atoms with van der Waals surface area (Å²) in [6.45, 7) is 8.59. The quantitative estimate of drug-likeness (QED) is 0.353. The van der Waals surface area contributed by atoms with Gasteiger partial charge >= 0.3 is 0 Å². The minimum absolute atomic E-state index is 0.654. The Morgan fingerprint density at radius 1 is 0.933 bits per heavy atom. The summed E-state index contributed by atoms with van der Waals surface area (Å²) in [5.74, 6) is 0.806. The molecule has 2 N–H and O–H groups in total. The second kappa shape index (κ2) is 12.4. The van der Waals surface area contributed by atoms with Gasteiger partial charge in [0.2, 0.25) is 0 Å². The highest BCUT2D eigenvalue weighted by atomic mass is 16.5. The van der Waals surface area contributed by atoms with Crippen LogP contribution in [-0.2, 0) is 31.0 Å². The second-order valence-electron chi connectivity index (χ2n) is 7.90. The summed E-state index contributed by atoms with van der Waals surface area (Å²) >= 11 is 0. The fourth-order valence-corrected chi connectivity index (χ4v) is 3.74. The number of benzene rings is 2. The maximum Gasteiger partial charge on any atom is 0.191 e. The van der Waals surface area contributed by atoms with Gasteiger partial charge < -0.3 is 15.4 Å². The van der Waals surface area contributed by atoms with E-state index in [0.717, 1.165) is 38.6 Å². The van der Waals surface area contributed by atoms with Crippen molar-refractivity contribution < 1.29 is 4.74 Å². The van der Waals surface area contributed by atoms with E-state index < -0.39 is 0 Å².